The van der Waals surface area contributed by atoms with Gasteiger partial charge in [-0.3, -0.25) is 19.6 Å². The van der Waals surface area contributed by atoms with Gasteiger partial charge < -0.3 is 14.3 Å². The zero-order chi connectivity index (χ0) is 21.1. The van der Waals surface area contributed by atoms with Crippen LogP contribution in [0.5, 0.6) is 0 Å². The molecule has 30 heavy (non-hydrogen) atoms. The predicted molar refractivity (Wildman–Crippen MR) is 107 cm³/mol. The van der Waals surface area contributed by atoms with Gasteiger partial charge in [-0.15, -0.1) is 0 Å². The van der Waals surface area contributed by atoms with Crippen molar-refractivity contribution in [3.05, 3.63) is 71.4 Å². The maximum absolute atomic E-state index is 13.2. The molecule has 0 bridgehead atoms. The Morgan fingerprint density at radius 2 is 1.90 bits per heavy atom. The maximum atomic E-state index is 13.2. The number of aromatic nitrogens is 4. The topological polar surface area (TPSA) is 105 Å². The Balaban J connectivity index is 1.66. The van der Waals surface area contributed by atoms with Crippen molar-refractivity contribution in [2.24, 2.45) is 0 Å². The van der Waals surface area contributed by atoms with Gasteiger partial charge in [0.1, 0.15) is 6.04 Å². The van der Waals surface area contributed by atoms with E-state index in [1.54, 1.807) is 47.4 Å². The molecule has 154 valence electrons. The Kier molecular flexibility index (Phi) is 5.51. The highest BCUT2D eigenvalue weighted by Crippen LogP contribution is 2.26. The summed E-state index contributed by atoms with van der Waals surface area (Å²) in [7, 11) is 0. The molecule has 1 unspecified atom stereocenters. The fourth-order valence-corrected chi connectivity index (χ4v) is 3.58. The van der Waals surface area contributed by atoms with Gasteiger partial charge in [0, 0.05) is 37.9 Å². The number of nitrogens with zero attached hydrogens (tertiary/aromatic N) is 6. The third kappa shape index (κ3) is 4.05. The van der Waals surface area contributed by atoms with E-state index in [4.69, 9.17) is 4.52 Å². The van der Waals surface area contributed by atoms with Crippen molar-refractivity contribution in [2.75, 3.05) is 19.6 Å². The third-order valence-electron chi connectivity index (χ3n) is 5.00. The number of hydrogen-bond acceptors (Lipinski definition) is 7. The van der Waals surface area contributed by atoms with E-state index in [1.807, 2.05) is 13.0 Å². The molecule has 0 spiro atoms. The van der Waals surface area contributed by atoms with E-state index in [0.717, 1.165) is 5.56 Å². The van der Waals surface area contributed by atoms with Crippen molar-refractivity contribution in [1.82, 2.24) is 29.9 Å². The Morgan fingerprint density at radius 3 is 2.60 bits per heavy atom. The van der Waals surface area contributed by atoms with Crippen LogP contribution < -0.4 is 0 Å². The van der Waals surface area contributed by atoms with Crippen molar-refractivity contribution < 1.29 is 14.1 Å². The van der Waals surface area contributed by atoms with Crippen LogP contribution >= 0.6 is 0 Å². The van der Waals surface area contributed by atoms with Gasteiger partial charge in [0.25, 0.3) is 17.7 Å². The van der Waals surface area contributed by atoms with Gasteiger partial charge in [-0.2, -0.15) is 4.98 Å². The van der Waals surface area contributed by atoms with Crippen LogP contribution in [0.2, 0.25) is 0 Å². The lowest BCUT2D eigenvalue weighted by Gasteiger charge is -2.29. The molecular formula is C21H22N6O3. The Morgan fingerprint density at radius 1 is 1.07 bits per heavy atom. The van der Waals surface area contributed by atoms with E-state index in [9.17, 15) is 9.59 Å². The van der Waals surface area contributed by atoms with Crippen LogP contribution in [0.1, 0.15) is 50.5 Å². The smallest absolute Gasteiger partial charge is 0.256 e. The molecule has 3 aromatic heterocycles. The lowest BCUT2D eigenvalue weighted by Crippen LogP contribution is -2.40. The zero-order valence-electron chi connectivity index (χ0n) is 16.9. The summed E-state index contributed by atoms with van der Waals surface area (Å²) >= 11 is 0. The highest BCUT2D eigenvalue weighted by atomic mass is 16.5. The summed E-state index contributed by atoms with van der Waals surface area (Å²) in [5.74, 6) is 0.467. The van der Waals surface area contributed by atoms with Crippen LogP contribution in [-0.4, -0.2) is 61.4 Å². The molecule has 0 saturated carbocycles. The number of carbonyl (C=O) groups excluding carboxylic acids is 2. The number of pyridine rings is 2. The Labute approximate surface area is 173 Å². The van der Waals surface area contributed by atoms with E-state index in [-0.39, 0.29) is 18.4 Å². The molecule has 3 aromatic rings. The molecular weight excluding hydrogens is 384 g/mol. The van der Waals surface area contributed by atoms with Gasteiger partial charge in [0.15, 0.2) is 5.82 Å². The monoisotopic (exact) mass is 406 g/mol. The van der Waals surface area contributed by atoms with E-state index in [0.29, 0.717) is 42.4 Å². The summed E-state index contributed by atoms with van der Waals surface area (Å²) in [5, 5.41) is 3.88. The molecule has 9 nitrogen and oxygen atoms in total. The second-order valence-electron chi connectivity index (χ2n) is 7.29. The Hall–Kier alpha value is -3.62. The first kappa shape index (κ1) is 19.7. The second kappa shape index (κ2) is 8.40. The third-order valence-corrected chi connectivity index (χ3v) is 5.00. The normalized spacial score (nSPS) is 16.9. The average Bonchev–Trinajstić information content (AvgIpc) is 3.07. The van der Waals surface area contributed by atoms with Crippen molar-refractivity contribution in [1.29, 1.82) is 0 Å². The molecule has 9 heteroatoms. The number of carbonyl (C=O) groups is 2. The van der Waals surface area contributed by atoms with E-state index >= 15 is 0 Å². The largest absolute Gasteiger partial charge is 0.337 e. The van der Waals surface area contributed by atoms with Crippen LogP contribution in [0, 0.1) is 13.8 Å². The van der Waals surface area contributed by atoms with Crippen molar-refractivity contribution in [3.63, 3.8) is 0 Å². The van der Waals surface area contributed by atoms with E-state index in [1.165, 1.54) is 6.20 Å². The highest BCUT2D eigenvalue weighted by Gasteiger charge is 2.35. The van der Waals surface area contributed by atoms with Crippen molar-refractivity contribution in [2.45, 2.75) is 26.3 Å². The van der Waals surface area contributed by atoms with Gasteiger partial charge in [-0.1, -0.05) is 5.16 Å². The quantitative estimate of drug-likeness (QED) is 0.656. The summed E-state index contributed by atoms with van der Waals surface area (Å²) in [4.78, 5) is 42.3. The van der Waals surface area contributed by atoms with Crippen molar-refractivity contribution >= 4 is 11.8 Å². The first-order valence-corrected chi connectivity index (χ1v) is 9.75. The van der Waals surface area contributed by atoms with Gasteiger partial charge in [-0.25, -0.2) is 0 Å². The average molecular weight is 406 g/mol. The summed E-state index contributed by atoms with van der Waals surface area (Å²) in [5.41, 5.74) is 1.90. The van der Waals surface area contributed by atoms with E-state index in [2.05, 4.69) is 20.1 Å². The molecule has 4 rings (SSSR count). The fraction of sp³-hybridized carbons (Fsp3) is 0.333. The van der Waals surface area contributed by atoms with Gasteiger partial charge in [0.05, 0.1) is 17.7 Å². The number of aryl methyl sites for hydroxylation is 2. The first-order chi connectivity index (χ1) is 14.5. The molecule has 0 radical (unpaired) electrons. The van der Waals surface area contributed by atoms with Crippen LogP contribution in [0.3, 0.4) is 0 Å². The van der Waals surface area contributed by atoms with Crippen molar-refractivity contribution in [3.8, 4) is 0 Å². The van der Waals surface area contributed by atoms with Crippen LogP contribution in [-0.2, 0) is 0 Å². The van der Waals surface area contributed by atoms with Crippen LogP contribution in [0.4, 0.5) is 0 Å². The lowest BCUT2D eigenvalue weighted by atomic mass is 10.1. The molecule has 1 atom stereocenters. The van der Waals surface area contributed by atoms with E-state index < -0.39 is 6.04 Å². The highest BCUT2D eigenvalue weighted by molar-refractivity contribution is 5.95. The zero-order valence-corrected chi connectivity index (χ0v) is 16.9. The molecule has 1 aliphatic rings. The predicted octanol–water partition coefficient (Wildman–Crippen LogP) is 2.21. The summed E-state index contributed by atoms with van der Waals surface area (Å²) in [6.07, 6.45) is 7.04. The van der Waals surface area contributed by atoms with Gasteiger partial charge in [0.2, 0.25) is 0 Å². The van der Waals surface area contributed by atoms with Gasteiger partial charge >= 0.3 is 0 Å². The second-order valence-corrected chi connectivity index (χ2v) is 7.29. The SMILES string of the molecule is Cc1cncc(C(=O)N2CCCN(C(=O)c3cccnc3)C(c3nc(C)no3)C2)c1. The minimum absolute atomic E-state index is 0.136. The molecule has 2 amide bonds. The van der Waals surface area contributed by atoms with Crippen LogP contribution in [0.25, 0.3) is 0 Å². The molecule has 1 aliphatic heterocycles. The first-order valence-electron chi connectivity index (χ1n) is 9.75. The molecule has 1 fully saturated rings. The van der Waals surface area contributed by atoms with Gasteiger partial charge in [-0.05, 0) is 44.0 Å². The Bertz CT molecular complexity index is 1050. The van der Waals surface area contributed by atoms with Crippen LogP contribution in [0.15, 0.2) is 47.5 Å². The minimum atomic E-state index is -0.553. The molecule has 0 aliphatic carbocycles. The number of rotatable bonds is 3. The number of amides is 2. The lowest BCUT2D eigenvalue weighted by molar-refractivity contribution is 0.0592. The molecule has 0 N–H and O–H groups in total. The number of hydrogen-bond donors (Lipinski definition) is 0. The maximum Gasteiger partial charge on any atom is 0.256 e. The molecule has 0 aromatic carbocycles. The fourth-order valence-electron chi connectivity index (χ4n) is 3.58. The molecule has 4 heterocycles. The summed E-state index contributed by atoms with van der Waals surface area (Å²) in [6.45, 7) is 4.83. The standard InChI is InChI=1S/C21H22N6O3/c1-14-9-17(12-23-10-14)20(28)26-7-4-8-27(21(29)16-5-3-6-22-11-16)18(13-26)19-24-15(2)25-30-19/h3,5-6,9-12,18H,4,7-8,13H2,1-2H3. The minimum Gasteiger partial charge on any atom is -0.337 e. The summed E-state index contributed by atoms with van der Waals surface area (Å²) in [6, 6.07) is 4.70. The summed E-state index contributed by atoms with van der Waals surface area (Å²) < 4.78 is 5.41. The molecule has 1 saturated heterocycles.